The first-order valence-corrected chi connectivity index (χ1v) is 12.4. The highest BCUT2D eigenvalue weighted by Gasteiger charge is 2.79. The summed E-state index contributed by atoms with van der Waals surface area (Å²) >= 11 is 0. The first-order chi connectivity index (χ1) is 17.9. The van der Waals surface area contributed by atoms with Gasteiger partial charge >= 0.3 is 6.18 Å². The van der Waals surface area contributed by atoms with Crippen LogP contribution in [0.1, 0.15) is 60.9 Å². The van der Waals surface area contributed by atoms with E-state index in [-0.39, 0.29) is 53.0 Å². The van der Waals surface area contributed by atoms with Crippen molar-refractivity contribution in [2.24, 2.45) is 18.4 Å². The topological polar surface area (TPSA) is 86.0 Å². The Morgan fingerprint density at radius 1 is 1.11 bits per heavy atom. The second kappa shape index (κ2) is 8.39. The van der Waals surface area contributed by atoms with Crippen molar-refractivity contribution < 1.29 is 26.7 Å². The van der Waals surface area contributed by atoms with Gasteiger partial charge in [-0.2, -0.15) is 18.2 Å². The lowest BCUT2D eigenvalue weighted by Gasteiger charge is -2.38. The maximum atomic E-state index is 13.6. The number of rotatable bonds is 4. The second-order valence-electron chi connectivity index (χ2n) is 10.6. The summed E-state index contributed by atoms with van der Waals surface area (Å²) in [6.07, 6.45) is -6.37. The number of ether oxygens (including phenoxy) is 1. The van der Waals surface area contributed by atoms with Gasteiger partial charge in [-0.05, 0) is 44.2 Å². The molecule has 38 heavy (non-hydrogen) atoms. The van der Waals surface area contributed by atoms with Gasteiger partial charge in [-0.25, -0.2) is 23.7 Å². The summed E-state index contributed by atoms with van der Waals surface area (Å²) < 4.78 is 75.7. The van der Waals surface area contributed by atoms with Gasteiger partial charge < -0.3 is 14.2 Å². The van der Waals surface area contributed by atoms with Crippen LogP contribution in [0.4, 0.5) is 27.9 Å². The zero-order chi connectivity index (χ0) is 27.1. The van der Waals surface area contributed by atoms with Crippen LogP contribution in [0.2, 0.25) is 0 Å². The molecule has 3 aromatic rings. The van der Waals surface area contributed by atoms with E-state index in [1.54, 1.807) is 19.3 Å². The first kappa shape index (κ1) is 25.1. The quantitative estimate of drug-likeness (QED) is 0.458. The molecule has 6 rings (SSSR count). The Balaban J connectivity index is 1.41. The summed E-state index contributed by atoms with van der Waals surface area (Å²) in [5, 5.41) is 0. The molecule has 2 saturated carbocycles. The van der Waals surface area contributed by atoms with Crippen LogP contribution in [-0.4, -0.2) is 49.9 Å². The molecule has 0 bridgehead atoms. The van der Waals surface area contributed by atoms with E-state index in [9.17, 15) is 26.7 Å². The van der Waals surface area contributed by atoms with Gasteiger partial charge in [0.05, 0.1) is 29.5 Å². The fraction of sp³-hybridized carbons (Fsp3) is 0.560. The van der Waals surface area contributed by atoms with E-state index in [1.165, 1.54) is 17.6 Å². The van der Waals surface area contributed by atoms with Gasteiger partial charge in [-0.1, -0.05) is 0 Å². The van der Waals surface area contributed by atoms with Crippen LogP contribution < -0.4 is 10.5 Å². The molecule has 3 fully saturated rings. The molecular formula is C25H25F5N6O2. The smallest absolute Gasteiger partial charge is 0.367 e. The molecule has 1 saturated heterocycles. The fourth-order valence-corrected chi connectivity index (χ4v) is 5.96. The molecule has 0 aromatic carbocycles. The Bertz CT molecular complexity index is 1490. The maximum absolute atomic E-state index is 13.6. The number of hydrogen-bond donors (Lipinski definition) is 0. The molecule has 2 aliphatic carbocycles. The lowest BCUT2D eigenvalue weighted by molar-refractivity contribution is -0.211. The SMILES string of the molecule is Cc1nc2nc(N3C[C@@H](C)O[C@@H](c4ccc(=O)n(C)c4)C3)nc(C3CC4(C(F)(F)F)CC34)c2nc1C(F)F. The molecular weight excluding hydrogens is 511 g/mol. The molecule has 0 spiro atoms. The van der Waals surface area contributed by atoms with E-state index in [2.05, 4.69) is 19.9 Å². The standard InChI is InChI=1S/C25H25F5N6O2/c1-11-8-36(10-16(38-11)13-4-5-17(37)35(3)9-13)23-33-19(14-6-24(7-15(14)24)25(28,29)30)20-22(34-23)31-12(2)18(32-20)21(26)27/h4-5,9,11,14-16,21H,6-8,10H2,1-3H3/t11-,14?,15?,16-,24?/m1/s1. The highest BCUT2D eigenvalue weighted by atomic mass is 19.4. The molecule has 4 heterocycles. The van der Waals surface area contributed by atoms with Gasteiger partial charge in [-0.3, -0.25) is 4.79 Å². The molecule has 5 atom stereocenters. The third-order valence-electron chi connectivity index (χ3n) is 8.11. The predicted octanol–water partition coefficient (Wildman–Crippen LogP) is 4.39. The van der Waals surface area contributed by atoms with Gasteiger partial charge in [-0.15, -0.1) is 0 Å². The van der Waals surface area contributed by atoms with Crippen molar-refractivity contribution in [2.45, 2.75) is 57.4 Å². The van der Waals surface area contributed by atoms with Gasteiger partial charge in [0.15, 0.2) is 5.65 Å². The van der Waals surface area contributed by atoms with E-state index >= 15 is 0 Å². The summed E-state index contributed by atoms with van der Waals surface area (Å²) in [7, 11) is 1.64. The zero-order valence-corrected chi connectivity index (χ0v) is 20.8. The van der Waals surface area contributed by atoms with Crippen molar-refractivity contribution in [1.82, 2.24) is 24.5 Å². The molecule has 13 heteroatoms. The van der Waals surface area contributed by atoms with Crippen LogP contribution in [0.25, 0.3) is 11.2 Å². The Hall–Kier alpha value is -3.22. The number of nitrogens with zero attached hydrogens (tertiary/aromatic N) is 6. The predicted molar refractivity (Wildman–Crippen MR) is 126 cm³/mol. The maximum Gasteiger partial charge on any atom is 0.394 e. The van der Waals surface area contributed by atoms with Crippen molar-refractivity contribution in [3.8, 4) is 0 Å². The third-order valence-corrected chi connectivity index (χ3v) is 8.11. The second-order valence-corrected chi connectivity index (χ2v) is 10.6. The van der Waals surface area contributed by atoms with Crippen molar-refractivity contribution in [1.29, 1.82) is 0 Å². The Labute approximate surface area is 213 Å². The molecule has 202 valence electrons. The molecule has 3 unspecified atom stereocenters. The number of aromatic nitrogens is 5. The van der Waals surface area contributed by atoms with E-state index in [0.717, 1.165) is 5.56 Å². The molecule has 3 aliphatic rings. The van der Waals surface area contributed by atoms with Crippen molar-refractivity contribution in [3.05, 3.63) is 51.3 Å². The van der Waals surface area contributed by atoms with Crippen molar-refractivity contribution >= 4 is 17.1 Å². The summed E-state index contributed by atoms with van der Waals surface area (Å²) in [6, 6.07) is 3.14. The van der Waals surface area contributed by atoms with Gasteiger partial charge in [0.2, 0.25) is 11.5 Å². The molecule has 0 radical (unpaired) electrons. The largest absolute Gasteiger partial charge is 0.394 e. The minimum Gasteiger partial charge on any atom is -0.367 e. The van der Waals surface area contributed by atoms with Crippen LogP contribution >= 0.6 is 0 Å². The number of alkyl halides is 5. The Kier molecular flexibility index (Phi) is 5.54. The first-order valence-electron chi connectivity index (χ1n) is 12.4. The highest BCUT2D eigenvalue weighted by molar-refractivity contribution is 5.76. The minimum absolute atomic E-state index is 0.00574. The van der Waals surface area contributed by atoms with E-state index < -0.39 is 41.7 Å². The zero-order valence-electron chi connectivity index (χ0n) is 20.8. The van der Waals surface area contributed by atoms with Crippen LogP contribution in [0.3, 0.4) is 0 Å². The molecule has 1 aliphatic heterocycles. The number of fused-ring (bicyclic) bond motifs is 2. The summed E-state index contributed by atoms with van der Waals surface area (Å²) in [5.41, 5.74) is -1.29. The third kappa shape index (κ3) is 3.85. The van der Waals surface area contributed by atoms with Crippen LogP contribution in [0.5, 0.6) is 0 Å². The number of morpholine rings is 1. The average molecular weight is 537 g/mol. The van der Waals surface area contributed by atoms with Gasteiger partial charge in [0, 0.05) is 31.8 Å². The van der Waals surface area contributed by atoms with E-state index in [0.29, 0.717) is 13.1 Å². The minimum atomic E-state index is -4.32. The lowest BCUT2D eigenvalue weighted by atomic mass is 9.72. The summed E-state index contributed by atoms with van der Waals surface area (Å²) in [5.74, 6) is -0.990. The van der Waals surface area contributed by atoms with Crippen molar-refractivity contribution in [2.75, 3.05) is 18.0 Å². The average Bonchev–Trinajstić information content (AvgIpc) is 3.44. The molecule has 3 aromatic heterocycles. The van der Waals surface area contributed by atoms with Crippen LogP contribution in [0.15, 0.2) is 23.1 Å². The monoisotopic (exact) mass is 536 g/mol. The molecule has 0 N–H and O–H groups in total. The number of pyridine rings is 1. The normalized spacial score (nSPS) is 28.9. The van der Waals surface area contributed by atoms with Gasteiger partial charge in [0.1, 0.15) is 17.3 Å². The molecule has 8 nitrogen and oxygen atoms in total. The number of halogens is 5. The van der Waals surface area contributed by atoms with E-state index in [1.807, 2.05) is 11.8 Å². The van der Waals surface area contributed by atoms with E-state index in [4.69, 9.17) is 4.74 Å². The van der Waals surface area contributed by atoms with Crippen LogP contribution in [0, 0.1) is 18.3 Å². The van der Waals surface area contributed by atoms with Crippen molar-refractivity contribution in [3.63, 3.8) is 0 Å². The number of anilines is 1. The number of aryl methyl sites for hydroxylation is 2. The summed E-state index contributed by atoms with van der Waals surface area (Å²) in [4.78, 5) is 31.2. The van der Waals surface area contributed by atoms with Gasteiger partial charge in [0.25, 0.3) is 6.43 Å². The Morgan fingerprint density at radius 3 is 2.50 bits per heavy atom. The highest BCUT2D eigenvalue weighted by Crippen LogP contribution is 2.79. The summed E-state index contributed by atoms with van der Waals surface area (Å²) in [6.45, 7) is 3.99. The fourth-order valence-electron chi connectivity index (χ4n) is 5.96. The molecule has 0 amide bonds. The Morgan fingerprint density at radius 2 is 1.87 bits per heavy atom. The van der Waals surface area contributed by atoms with Crippen LogP contribution in [-0.2, 0) is 11.8 Å². The number of hydrogen-bond acceptors (Lipinski definition) is 7. The lowest BCUT2D eigenvalue weighted by Crippen LogP contribution is -2.44.